The number of hydrogen-bond acceptors (Lipinski definition) is 10. The van der Waals surface area contributed by atoms with E-state index in [1.807, 2.05) is 35.7 Å². The molecule has 0 spiro atoms. The molecule has 12 nitrogen and oxygen atoms in total. The molecule has 1 saturated carbocycles. The van der Waals surface area contributed by atoms with Crippen LogP contribution in [0.1, 0.15) is 33.6 Å². The summed E-state index contributed by atoms with van der Waals surface area (Å²) in [5.74, 6) is -2.70. The molecule has 0 unspecified atom stereocenters. The van der Waals surface area contributed by atoms with Crippen LogP contribution in [0.2, 0.25) is 5.02 Å². The first-order chi connectivity index (χ1) is 23.6. The number of ether oxygens (including phenoxy) is 1. The van der Waals surface area contributed by atoms with Gasteiger partial charge < -0.3 is 20.1 Å². The summed E-state index contributed by atoms with van der Waals surface area (Å²) in [6.45, 7) is 8.78. The van der Waals surface area contributed by atoms with E-state index in [1.54, 1.807) is 26.8 Å². The summed E-state index contributed by atoms with van der Waals surface area (Å²) in [7, 11) is -4.31. The molecule has 2 aliphatic rings. The number of amides is 3. The zero-order valence-electron chi connectivity index (χ0n) is 27.5. The maximum atomic E-state index is 14.1. The number of aliphatic hydroxyl groups is 1. The zero-order valence-corrected chi connectivity index (χ0v) is 29.9. The van der Waals surface area contributed by atoms with Gasteiger partial charge in [0.2, 0.25) is 11.8 Å². The Kier molecular flexibility index (Phi) is 9.50. The topological polar surface area (TPSA) is 168 Å². The maximum absolute atomic E-state index is 14.1. The highest BCUT2D eigenvalue weighted by molar-refractivity contribution is 7.90. The van der Waals surface area contributed by atoms with Gasteiger partial charge in [-0.3, -0.25) is 14.4 Å². The number of rotatable bonds is 10. The molecule has 6 rings (SSSR count). The van der Waals surface area contributed by atoms with E-state index in [9.17, 15) is 27.9 Å². The van der Waals surface area contributed by atoms with E-state index in [0.717, 1.165) is 4.88 Å². The molecule has 5 atom stereocenters. The van der Waals surface area contributed by atoms with Crippen LogP contribution in [0.3, 0.4) is 0 Å². The van der Waals surface area contributed by atoms with E-state index < -0.39 is 62.9 Å². The third kappa shape index (κ3) is 6.97. The van der Waals surface area contributed by atoms with Gasteiger partial charge in [-0.25, -0.2) is 23.1 Å². The first-order valence-corrected chi connectivity index (χ1v) is 18.6. The molecule has 3 heterocycles. The van der Waals surface area contributed by atoms with E-state index in [2.05, 4.69) is 16.6 Å². The van der Waals surface area contributed by atoms with Gasteiger partial charge in [0.15, 0.2) is 0 Å². The molecule has 262 valence electrons. The van der Waals surface area contributed by atoms with Gasteiger partial charge in [-0.1, -0.05) is 56.6 Å². The first-order valence-electron chi connectivity index (χ1n) is 15.9. The lowest BCUT2D eigenvalue weighted by Crippen LogP contribution is -2.57. The van der Waals surface area contributed by atoms with Crippen LogP contribution in [0.25, 0.3) is 21.6 Å². The van der Waals surface area contributed by atoms with Crippen molar-refractivity contribution in [2.45, 2.75) is 62.3 Å². The average molecular weight is 738 g/mol. The van der Waals surface area contributed by atoms with Gasteiger partial charge in [0.05, 0.1) is 27.4 Å². The number of carbonyl (C=O) groups is 3. The number of aliphatic hydroxyl groups excluding tert-OH is 1. The van der Waals surface area contributed by atoms with Crippen molar-refractivity contribution in [1.82, 2.24) is 24.9 Å². The Morgan fingerprint density at radius 1 is 1.10 bits per heavy atom. The summed E-state index contributed by atoms with van der Waals surface area (Å²) in [5, 5.41) is 16.0. The summed E-state index contributed by atoms with van der Waals surface area (Å²) >= 11 is 7.35. The number of nitrogens with one attached hydrogen (secondary N) is 2. The zero-order chi connectivity index (χ0) is 36.0. The number of para-hydroxylation sites is 2. The van der Waals surface area contributed by atoms with Crippen molar-refractivity contribution < 1.29 is 32.6 Å². The molecule has 15 heteroatoms. The van der Waals surface area contributed by atoms with E-state index in [1.165, 1.54) is 46.6 Å². The SMILES string of the molecule is C=C[C@@H]1C[C@]1(NC(=O)[C@@H]1C[C@@H](Oc2nc3ccccc3nc2-c2cccs2)CN1C(=O)[C@@H](O)C(C)(C)C)C(=O)NS(=O)(=O)c1ccc(Cl)cc1. The third-order valence-electron chi connectivity index (χ3n) is 8.88. The van der Waals surface area contributed by atoms with Gasteiger partial charge in [0.25, 0.3) is 21.8 Å². The second kappa shape index (κ2) is 13.4. The van der Waals surface area contributed by atoms with Gasteiger partial charge in [-0.05, 0) is 59.7 Å². The molecule has 0 radical (unpaired) electrons. The Balaban J connectivity index is 1.28. The molecule has 3 N–H and O–H groups in total. The van der Waals surface area contributed by atoms with Crippen LogP contribution >= 0.6 is 22.9 Å². The number of hydrogen-bond donors (Lipinski definition) is 3. The number of benzene rings is 2. The quantitative estimate of drug-likeness (QED) is 0.201. The van der Waals surface area contributed by atoms with Crippen molar-refractivity contribution in [1.29, 1.82) is 0 Å². The number of sulfonamides is 1. The Bertz CT molecular complexity index is 2070. The molecule has 2 fully saturated rings. The lowest BCUT2D eigenvalue weighted by atomic mass is 9.88. The largest absolute Gasteiger partial charge is 0.471 e. The standard InChI is InChI=1S/C35H36ClN5O7S2/c1-5-20-18-35(20,33(45)40-50(46,47)23-14-12-21(36)13-15-23)39-30(43)26-17-22(19-41(26)32(44)29(42)34(2,3)4)48-31-28(27-11-8-16-49-27)37-24-9-6-7-10-25(24)38-31/h5-16,20,22,26,29,42H,1,17-19H2,2-4H3,(H,39,43)(H,40,45)/t20-,22-,26+,29-,35-/m1/s1. The Labute approximate surface area is 298 Å². The number of nitrogens with zero attached hydrogens (tertiary/aromatic N) is 3. The molecule has 50 heavy (non-hydrogen) atoms. The molecular formula is C35H36ClN5O7S2. The number of fused-ring (bicyclic) bond motifs is 1. The summed E-state index contributed by atoms with van der Waals surface area (Å²) in [4.78, 5) is 52.8. The molecule has 2 aromatic heterocycles. The van der Waals surface area contributed by atoms with E-state index in [-0.39, 0.29) is 30.2 Å². The Morgan fingerprint density at radius 2 is 1.78 bits per heavy atom. The minimum Gasteiger partial charge on any atom is -0.471 e. The van der Waals surface area contributed by atoms with E-state index in [4.69, 9.17) is 26.3 Å². The molecular weight excluding hydrogens is 702 g/mol. The molecule has 1 aliphatic heterocycles. The monoisotopic (exact) mass is 737 g/mol. The van der Waals surface area contributed by atoms with Crippen LogP contribution in [0.5, 0.6) is 5.88 Å². The van der Waals surface area contributed by atoms with Crippen molar-refractivity contribution in [2.24, 2.45) is 11.3 Å². The van der Waals surface area contributed by atoms with Gasteiger partial charge in [0.1, 0.15) is 29.5 Å². The average Bonchev–Trinajstić information content (AvgIpc) is 3.37. The van der Waals surface area contributed by atoms with Crippen LogP contribution in [0, 0.1) is 11.3 Å². The van der Waals surface area contributed by atoms with Gasteiger partial charge in [0, 0.05) is 17.4 Å². The van der Waals surface area contributed by atoms with Crippen LogP contribution in [-0.2, 0) is 24.4 Å². The summed E-state index contributed by atoms with van der Waals surface area (Å²) in [6.07, 6.45) is -0.659. The second-order valence-corrected chi connectivity index (χ2v) is 16.6. The summed E-state index contributed by atoms with van der Waals surface area (Å²) in [6, 6.07) is 15.2. The van der Waals surface area contributed by atoms with Crippen molar-refractivity contribution >= 4 is 61.7 Å². The highest BCUT2D eigenvalue weighted by Gasteiger charge is 2.61. The summed E-state index contributed by atoms with van der Waals surface area (Å²) in [5.41, 5.74) is -0.722. The predicted octanol–water partition coefficient (Wildman–Crippen LogP) is 4.33. The highest BCUT2D eigenvalue weighted by Crippen LogP contribution is 2.45. The second-order valence-electron chi connectivity index (χ2n) is 13.5. The minimum absolute atomic E-state index is 0.00759. The predicted molar refractivity (Wildman–Crippen MR) is 189 cm³/mol. The Morgan fingerprint density at radius 3 is 2.38 bits per heavy atom. The smallest absolute Gasteiger partial charge is 0.264 e. The third-order valence-corrected chi connectivity index (χ3v) is 11.4. The van der Waals surface area contributed by atoms with Crippen molar-refractivity contribution in [3.8, 4) is 16.5 Å². The van der Waals surface area contributed by atoms with Gasteiger partial charge >= 0.3 is 0 Å². The van der Waals surface area contributed by atoms with Crippen LogP contribution < -0.4 is 14.8 Å². The van der Waals surface area contributed by atoms with E-state index in [0.29, 0.717) is 21.7 Å². The summed E-state index contributed by atoms with van der Waals surface area (Å²) < 4.78 is 34.6. The molecule has 4 aromatic rings. The fourth-order valence-corrected chi connectivity index (χ4v) is 7.79. The van der Waals surface area contributed by atoms with Crippen molar-refractivity contribution in [3.63, 3.8) is 0 Å². The number of halogens is 1. The van der Waals surface area contributed by atoms with Crippen molar-refractivity contribution in [3.05, 3.63) is 83.7 Å². The van der Waals surface area contributed by atoms with Crippen LogP contribution in [0.4, 0.5) is 0 Å². The number of thiophene rings is 1. The highest BCUT2D eigenvalue weighted by atomic mass is 35.5. The maximum Gasteiger partial charge on any atom is 0.264 e. The van der Waals surface area contributed by atoms with E-state index >= 15 is 0 Å². The van der Waals surface area contributed by atoms with Gasteiger partial charge in [-0.2, -0.15) is 0 Å². The number of carbonyl (C=O) groups excluding carboxylic acids is 3. The first kappa shape index (κ1) is 35.5. The number of aromatic nitrogens is 2. The lowest BCUT2D eigenvalue weighted by Gasteiger charge is -2.32. The fourth-order valence-electron chi connectivity index (χ4n) is 5.92. The lowest BCUT2D eigenvalue weighted by molar-refractivity contribution is -0.150. The molecule has 1 saturated heterocycles. The number of likely N-dealkylation sites (tertiary alicyclic amines) is 1. The molecule has 2 aromatic carbocycles. The molecule has 3 amide bonds. The minimum atomic E-state index is -4.31. The van der Waals surface area contributed by atoms with Crippen LogP contribution in [-0.4, -0.2) is 76.4 Å². The normalized spacial score (nSPS) is 22.5. The van der Waals surface area contributed by atoms with Gasteiger partial charge in [-0.15, -0.1) is 17.9 Å². The van der Waals surface area contributed by atoms with Crippen LogP contribution in [0.15, 0.2) is 83.6 Å². The Hall–Kier alpha value is -4.37. The van der Waals surface area contributed by atoms with Crippen molar-refractivity contribution in [2.75, 3.05) is 6.54 Å². The molecule has 1 aliphatic carbocycles. The fraction of sp³-hybridized carbons (Fsp3) is 0.343. The molecule has 0 bridgehead atoms.